The molecule has 118 valence electrons. The Balaban J connectivity index is 2.15. The fraction of sp³-hybridized carbons (Fsp3) is 0.231. The Kier molecular flexibility index (Phi) is 5.65. The minimum atomic E-state index is -2.03. The number of amides is 1. The number of aromatic nitrogens is 1. The molecule has 2 aromatic rings. The van der Waals surface area contributed by atoms with Gasteiger partial charge in [-0.15, -0.1) is 11.3 Å². The number of nitrogens with one attached hydrogen (secondary N) is 1. The number of hydrogen-bond donors (Lipinski definition) is 3. The van der Waals surface area contributed by atoms with Crippen molar-refractivity contribution in [3.05, 3.63) is 44.9 Å². The molecule has 2 atom stereocenters. The number of carbonyl (C=O) groups excluding carboxylic acids is 1. The van der Waals surface area contributed by atoms with Gasteiger partial charge in [0.2, 0.25) is 0 Å². The third-order valence-corrected chi connectivity index (χ3v) is 5.06. The number of pyridine rings is 1. The quantitative estimate of drug-likeness (QED) is 0.711. The van der Waals surface area contributed by atoms with E-state index in [-0.39, 0.29) is 11.7 Å². The van der Waals surface area contributed by atoms with E-state index in [1.54, 1.807) is 18.5 Å². The molecular weight excluding hydrogens is 346 g/mol. The van der Waals surface area contributed by atoms with Crippen LogP contribution in [0.15, 0.2) is 24.5 Å². The highest BCUT2D eigenvalue weighted by atomic mass is 35.5. The zero-order valence-corrected chi connectivity index (χ0v) is 14.0. The van der Waals surface area contributed by atoms with Crippen molar-refractivity contribution in [1.82, 2.24) is 4.98 Å². The van der Waals surface area contributed by atoms with Gasteiger partial charge in [-0.05, 0) is 24.6 Å². The van der Waals surface area contributed by atoms with Gasteiger partial charge < -0.3 is 15.6 Å². The number of thiophene rings is 1. The first kappa shape index (κ1) is 17.0. The molecule has 0 bridgehead atoms. The molecule has 1 unspecified atom stereocenters. The number of aryl methyl sites for hydroxylation is 1. The van der Waals surface area contributed by atoms with E-state index >= 15 is 0 Å². The summed E-state index contributed by atoms with van der Waals surface area (Å²) in [4.78, 5) is 17.1. The maximum atomic E-state index is 12.2. The number of anilines is 1. The summed E-state index contributed by atoms with van der Waals surface area (Å²) in [6.45, 7) is 1.87. The Bertz CT molecular complexity index is 720. The molecule has 0 spiro atoms. The van der Waals surface area contributed by atoms with Gasteiger partial charge in [0.25, 0.3) is 5.91 Å². The number of rotatable bonds is 5. The van der Waals surface area contributed by atoms with E-state index in [2.05, 4.69) is 10.3 Å². The van der Waals surface area contributed by atoms with Crippen LogP contribution in [0.2, 0.25) is 5.02 Å². The molecule has 2 rings (SSSR count). The summed E-state index contributed by atoms with van der Waals surface area (Å²) in [6, 6.07) is 2.60. The summed E-state index contributed by atoms with van der Waals surface area (Å²) in [5.74, 6) is -0.466. The largest absolute Gasteiger partial charge is 0.322 e. The van der Waals surface area contributed by atoms with Crippen LogP contribution in [0.3, 0.4) is 0 Å². The van der Waals surface area contributed by atoms with E-state index < -0.39 is 17.1 Å². The van der Waals surface area contributed by atoms with Crippen molar-refractivity contribution < 1.29 is 13.6 Å². The SMILES string of the molecule is Cc1cncc(NC(=O)c2cc(Cl)c([C@@H](N)CS(=O)O)s2)c1. The third kappa shape index (κ3) is 4.34. The maximum Gasteiger partial charge on any atom is 0.265 e. The molecule has 0 aliphatic rings. The lowest BCUT2D eigenvalue weighted by Crippen LogP contribution is -2.17. The van der Waals surface area contributed by atoms with Gasteiger partial charge >= 0.3 is 0 Å². The zero-order valence-electron chi connectivity index (χ0n) is 11.6. The van der Waals surface area contributed by atoms with Crippen molar-refractivity contribution in [2.75, 3.05) is 11.1 Å². The summed E-state index contributed by atoms with van der Waals surface area (Å²) >= 11 is 5.13. The molecule has 0 fully saturated rings. The Morgan fingerprint density at radius 2 is 2.27 bits per heavy atom. The standard InChI is InChI=1S/C13H14ClN3O3S2/c1-7-2-8(5-16-4-7)17-13(18)11-3-9(14)12(21-11)10(15)6-22(19)20/h2-5,10H,6,15H2,1H3,(H,17,18)(H,19,20)/t10-/m0/s1. The van der Waals surface area contributed by atoms with Gasteiger partial charge in [0.05, 0.1) is 33.6 Å². The topological polar surface area (TPSA) is 105 Å². The van der Waals surface area contributed by atoms with Gasteiger partial charge in [0.15, 0.2) is 11.1 Å². The Hall–Kier alpha value is -1.32. The van der Waals surface area contributed by atoms with Gasteiger partial charge in [-0.1, -0.05) is 11.6 Å². The van der Waals surface area contributed by atoms with Crippen LogP contribution in [-0.4, -0.2) is 25.4 Å². The highest BCUT2D eigenvalue weighted by Gasteiger charge is 2.19. The summed E-state index contributed by atoms with van der Waals surface area (Å²) in [5.41, 5.74) is 7.32. The Morgan fingerprint density at radius 3 is 2.91 bits per heavy atom. The fourth-order valence-electron chi connectivity index (χ4n) is 1.79. The summed E-state index contributed by atoms with van der Waals surface area (Å²) in [5, 5.41) is 3.03. The fourth-order valence-corrected chi connectivity index (χ4v) is 3.75. The molecule has 2 aromatic heterocycles. The molecule has 0 saturated carbocycles. The van der Waals surface area contributed by atoms with E-state index in [9.17, 15) is 9.00 Å². The average molecular weight is 360 g/mol. The second kappa shape index (κ2) is 7.30. The minimum absolute atomic E-state index is 0.136. The van der Waals surface area contributed by atoms with E-state index in [1.807, 2.05) is 6.92 Å². The van der Waals surface area contributed by atoms with Crippen molar-refractivity contribution >= 4 is 45.6 Å². The second-order valence-electron chi connectivity index (χ2n) is 4.62. The molecule has 22 heavy (non-hydrogen) atoms. The highest BCUT2D eigenvalue weighted by molar-refractivity contribution is 7.79. The first-order valence-electron chi connectivity index (χ1n) is 6.22. The molecule has 6 nitrogen and oxygen atoms in total. The summed E-state index contributed by atoms with van der Waals surface area (Å²) in [7, 11) is 0. The molecular formula is C13H14ClN3O3S2. The lowest BCUT2D eigenvalue weighted by Gasteiger charge is -2.06. The summed E-state index contributed by atoms with van der Waals surface area (Å²) < 4.78 is 19.7. The Morgan fingerprint density at radius 1 is 1.55 bits per heavy atom. The van der Waals surface area contributed by atoms with Crippen molar-refractivity contribution in [2.24, 2.45) is 5.73 Å². The lowest BCUT2D eigenvalue weighted by atomic mass is 10.3. The van der Waals surface area contributed by atoms with E-state index in [4.69, 9.17) is 21.9 Å². The van der Waals surface area contributed by atoms with E-state index in [0.717, 1.165) is 16.9 Å². The molecule has 0 radical (unpaired) electrons. The second-order valence-corrected chi connectivity index (χ2v) is 7.09. The van der Waals surface area contributed by atoms with Crippen LogP contribution in [-0.2, 0) is 11.1 Å². The summed E-state index contributed by atoms with van der Waals surface area (Å²) in [6.07, 6.45) is 3.23. The molecule has 9 heteroatoms. The number of nitrogens with zero attached hydrogens (tertiary/aromatic N) is 1. The molecule has 0 saturated heterocycles. The smallest absolute Gasteiger partial charge is 0.265 e. The first-order chi connectivity index (χ1) is 10.4. The van der Waals surface area contributed by atoms with Crippen LogP contribution in [0.25, 0.3) is 0 Å². The number of nitrogens with two attached hydrogens (primary N) is 1. The molecule has 4 N–H and O–H groups in total. The monoisotopic (exact) mass is 359 g/mol. The van der Waals surface area contributed by atoms with Gasteiger partial charge in [0, 0.05) is 11.1 Å². The van der Waals surface area contributed by atoms with Gasteiger partial charge in [-0.25, -0.2) is 4.21 Å². The van der Waals surface area contributed by atoms with Crippen LogP contribution >= 0.6 is 22.9 Å². The van der Waals surface area contributed by atoms with Crippen LogP contribution in [0.1, 0.15) is 26.2 Å². The average Bonchev–Trinajstić information content (AvgIpc) is 2.80. The van der Waals surface area contributed by atoms with Gasteiger partial charge in [-0.2, -0.15) is 0 Å². The molecule has 0 aromatic carbocycles. The van der Waals surface area contributed by atoms with Crippen molar-refractivity contribution in [1.29, 1.82) is 0 Å². The van der Waals surface area contributed by atoms with E-state index in [1.165, 1.54) is 6.07 Å². The predicted octanol–water partition coefficient (Wildman–Crippen LogP) is 2.58. The number of halogens is 1. The maximum absolute atomic E-state index is 12.2. The van der Waals surface area contributed by atoms with Crippen molar-refractivity contribution in [3.63, 3.8) is 0 Å². The van der Waals surface area contributed by atoms with Gasteiger partial charge in [0.1, 0.15) is 0 Å². The van der Waals surface area contributed by atoms with Crippen LogP contribution in [0.4, 0.5) is 5.69 Å². The minimum Gasteiger partial charge on any atom is -0.322 e. The van der Waals surface area contributed by atoms with E-state index in [0.29, 0.717) is 20.5 Å². The van der Waals surface area contributed by atoms with Crippen LogP contribution < -0.4 is 11.1 Å². The number of carbonyl (C=O) groups is 1. The molecule has 0 aliphatic carbocycles. The molecule has 2 heterocycles. The van der Waals surface area contributed by atoms with Crippen LogP contribution in [0.5, 0.6) is 0 Å². The third-order valence-electron chi connectivity index (χ3n) is 2.73. The highest BCUT2D eigenvalue weighted by Crippen LogP contribution is 2.32. The van der Waals surface area contributed by atoms with Crippen molar-refractivity contribution in [3.8, 4) is 0 Å². The van der Waals surface area contributed by atoms with Crippen molar-refractivity contribution in [2.45, 2.75) is 13.0 Å². The predicted molar refractivity (Wildman–Crippen MR) is 88.8 cm³/mol. The normalized spacial score (nSPS) is 13.6. The zero-order chi connectivity index (χ0) is 16.3. The number of hydrogen-bond acceptors (Lipinski definition) is 5. The molecule has 1 amide bonds. The van der Waals surface area contributed by atoms with Gasteiger partial charge in [-0.3, -0.25) is 9.78 Å². The molecule has 0 aliphatic heterocycles. The van der Waals surface area contributed by atoms with Crippen LogP contribution in [0, 0.1) is 6.92 Å². The Labute approximate surface area is 139 Å². The first-order valence-corrected chi connectivity index (χ1v) is 8.69. The lowest BCUT2D eigenvalue weighted by molar-refractivity contribution is 0.103.